The lowest BCUT2D eigenvalue weighted by Gasteiger charge is -2.19. The fraction of sp³-hybridized carbons (Fsp3) is 0.333. The molecule has 0 N–H and O–H groups in total. The van der Waals surface area contributed by atoms with Crippen molar-refractivity contribution in [3.8, 4) is 0 Å². The van der Waals surface area contributed by atoms with Crippen LogP contribution in [0.5, 0.6) is 0 Å². The highest BCUT2D eigenvalue weighted by Gasteiger charge is 2.25. The molecule has 4 heteroatoms. The average molecular weight is 337 g/mol. The fourth-order valence-corrected chi connectivity index (χ4v) is 3.47. The second kappa shape index (κ2) is 7.51. The van der Waals surface area contributed by atoms with Crippen molar-refractivity contribution < 1.29 is 14.3 Å². The highest BCUT2D eigenvalue weighted by atomic mass is 16.5. The highest BCUT2D eigenvalue weighted by Crippen LogP contribution is 2.35. The van der Waals surface area contributed by atoms with Crippen LogP contribution in [0.1, 0.15) is 42.9 Å². The van der Waals surface area contributed by atoms with Gasteiger partial charge in [0, 0.05) is 25.1 Å². The molecule has 1 amide bonds. The smallest absolute Gasteiger partial charge is 0.306 e. The van der Waals surface area contributed by atoms with Crippen molar-refractivity contribution in [2.45, 2.75) is 32.6 Å². The number of anilines is 1. The molecule has 0 fully saturated rings. The normalized spacial score (nSPS) is 14.1. The van der Waals surface area contributed by atoms with E-state index in [9.17, 15) is 9.59 Å². The summed E-state index contributed by atoms with van der Waals surface area (Å²) in [6, 6.07) is 16.2. The number of rotatable bonds is 5. The third kappa shape index (κ3) is 3.73. The van der Waals surface area contributed by atoms with Crippen molar-refractivity contribution in [3.63, 3.8) is 0 Å². The molecule has 0 saturated carbocycles. The molecule has 0 radical (unpaired) electrons. The molecular formula is C21H23NO3. The minimum absolute atomic E-state index is 0.0445. The summed E-state index contributed by atoms with van der Waals surface area (Å²) in [7, 11) is 0. The van der Waals surface area contributed by atoms with E-state index in [1.54, 1.807) is 6.92 Å². The van der Waals surface area contributed by atoms with Crippen molar-refractivity contribution >= 4 is 17.6 Å². The Morgan fingerprint density at radius 2 is 1.88 bits per heavy atom. The average Bonchev–Trinajstić information content (AvgIpc) is 3.04. The van der Waals surface area contributed by atoms with E-state index in [-0.39, 0.29) is 17.8 Å². The lowest BCUT2D eigenvalue weighted by atomic mass is 9.87. The third-order valence-electron chi connectivity index (χ3n) is 4.66. The molecule has 0 aliphatic carbocycles. The first kappa shape index (κ1) is 17.2. The Hall–Kier alpha value is -2.62. The number of benzene rings is 2. The molecule has 2 aromatic rings. The number of hydrogen-bond donors (Lipinski definition) is 0. The number of carbonyl (C=O) groups excluding carboxylic acids is 2. The lowest BCUT2D eigenvalue weighted by molar-refractivity contribution is -0.143. The Morgan fingerprint density at radius 1 is 1.12 bits per heavy atom. The van der Waals surface area contributed by atoms with E-state index in [2.05, 4.69) is 6.07 Å². The molecule has 4 nitrogen and oxygen atoms in total. The molecule has 3 rings (SSSR count). The van der Waals surface area contributed by atoms with Gasteiger partial charge >= 0.3 is 5.97 Å². The zero-order valence-corrected chi connectivity index (χ0v) is 14.7. The summed E-state index contributed by atoms with van der Waals surface area (Å²) in [5.41, 5.74) is 4.33. The van der Waals surface area contributed by atoms with E-state index < -0.39 is 0 Å². The maximum absolute atomic E-state index is 12.1. The van der Waals surface area contributed by atoms with E-state index in [1.807, 2.05) is 54.3 Å². The SMILES string of the molecule is CCOC(=O)CC(c1ccccc1)c1ccc2c(c1)CCN2C(C)=O. The Morgan fingerprint density at radius 3 is 2.56 bits per heavy atom. The number of carbonyl (C=O) groups is 2. The molecular weight excluding hydrogens is 314 g/mol. The fourth-order valence-electron chi connectivity index (χ4n) is 3.47. The van der Waals surface area contributed by atoms with Gasteiger partial charge in [-0.2, -0.15) is 0 Å². The second-order valence-corrected chi connectivity index (χ2v) is 6.28. The van der Waals surface area contributed by atoms with Crippen LogP contribution in [0.25, 0.3) is 0 Å². The summed E-state index contributed by atoms with van der Waals surface area (Å²) >= 11 is 0. The second-order valence-electron chi connectivity index (χ2n) is 6.28. The molecule has 0 aromatic heterocycles. The Labute approximate surface area is 148 Å². The summed E-state index contributed by atoms with van der Waals surface area (Å²) < 4.78 is 5.16. The monoisotopic (exact) mass is 337 g/mol. The number of esters is 1. The standard InChI is InChI=1S/C21H23NO3/c1-3-25-21(24)14-19(16-7-5-4-6-8-16)17-9-10-20-18(13-17)11-12-22(20)15(2)23/h4-10,13,19H,3,11-12,14H2,1-2H3. The van der Waals surface area contributed by atoms with Crippen LogP contribution in [0.4, 0.5) is 5.69 Å². The first-order valence-electron chi connectivity index (χ1n) is 8.71. The first-order chi connectivity index (χ1) is 12.1. The maximum Gasteiger partial charge on any atom is 0.306 e. The largest absolute Gasteiger partial charge is 0.466 e. The molecule has 1 atom stereocenters. The number of hydrogen-bond acceptors (Lipinski definition) is 3. The molecule has 1 unspecified atom stereocenters. The van der Waals surface area contributed by atoms with Crippen molar-refractivity contribution in [2.75, 3.05) is 18.1 Å². The van der Waals surface area contributed by atoms with E-state index in [0.717, 1.165) is 35.3 Å². The third-order valence-corrected chi connectivity index (χ3v) is 4.66. The summed E-state index contributed by atoms with van der Waals surface area (Å²) in [6.07, 6.45) is 1.16. The van der Waals surface area contributed by atoms with E-state index in [4.69, 9.17) is 4.74 Å². The summed E-state index contributed by atoms with van der Waals surface area (Å²) in [5.74, 6) is -0.170. The first-order valence-corrected chi connectivity index (χ1v) is 8.71. The molecule has 1 aliphatic rings. The zero-order chi connectivity index (χ0) is 17.8. The van der Waals surface area contributed by atoms with Crippen molar-refractivity contribution in [3.05, 3.63) is 65.2 Å². The minimum atomic E-state index is -0.192. The zero-order valence-electron chi connectivity index (χ0n) is 14.7. The maximum atomic E-state index is 12.1. The van der Waals surface area contributed by atoms with Gasteiger partial charge in [0.25, 0.3) is 0 Å². The van der Waals surface area contributed by atoms with Gasteiger partial charge in [0.2, 0.25) is 5.91 Å². The molecule has 130 valence electrons. The van der Waals surface area contributed by atoms with Gasteiger partial charge in [0.05, 0.1) is 13.0 Å². The van der Waals surface area contributed by atoms with Crippen LogP contribution in [0, 0.1) is 0 Å². The van der Waals surface area contributed by atoms with Crippen molar-refractivity contribution in [1.82, 2.24) is 0 Å². The van der Waals surface area contributed by atoms with Crippen LogP contribution in [0.2, 0.25) is 0 Å². The van der Waals surface area contributed by atoms with Gasteiger partial charge in [0.1, 0.15) is 0 Å². The molecule has 25 heavy (non-hydrogen) atoms. The van der Waals surface area contributed by atoms with Gasteiger partial charge in [-0.15, -0.1) is 0 Å². The molecule has 2 aromatic carbocycles. The topological polar surface area (TPSA) is 46.6 Å². The Bertz CT molecular complexity index is 770. The molecule has 0 bridgehead atoms. The van der Waals surface area contributed by atoms with Crippen LogP contribution >= 0.6 is 0 Å². The van der Waals surface area contributed by atoms with Gasteiger partial charge in [-0.1, -0.05) is 42.5 Å². The van der Waals surface area contributed by atoms with Gasteiger partial charge in [-0.25, -0.2) is 0 Å². The summed E-state index contributed by atoms with van der Waals surface area (Å²) in [4.78, 5) is 25.6. The van der Waals surface area contributed by atoms with Crippen LogP contribution < -0.4 is 4.90 Å². The van der Waals surface area contributed by atoms with Gasteiger partial charge in [-0.3, -0.25) is 9.59 Å². The predicted octanol–water partition coefficient (Wildman–Crippen LogP) is 3.68. The molecule has 1 aliphatic heterocycles. The van der Waals surface area contributed by atoms with Gasteiger partial charge < -0.3 is 9.64 Å². The molecule has 0 saturated heterocycles. The van der Waals surface area contributed by atoms with Gasteiger partial charge in [0.15, 0.2) is 0 Å². The number of amides is 1. The number of fused-ring (bicyclic) bond motifs is 1. The van der Waals surface area contributed by atoms with E-state index >= 15 is 0 Å². The van der Waals surface area contributed by atoms with Crippen molar-refractivity contribution in [1.29, 1.82) is 0 Å². The Kier molecular flexibility index (Phi) is 5.17. The highest BCUT2D eigenvalue weighted by molar-refractivity contribution is 5.93. The van der Waals surface area contributed by atoms with Crippen LogP contribution in [-0.2, 0) is 20.7 Å². The number of nitrogens with zero attached hydrogens (tertiary/aromatic N) is 1. The quantitative estimate of drug-likeness (QED) is 0.782. The number of ether oxygens (including phenoxy) is 1. The predicted molar refractivity (Wildman–Crippen MR) is 97.7 cm³/mol. The van der Waals surface area contributed by atoms with Crippen LogP contribution in [0.3, 0.4) is 0 Å². The van der Waals surface area contributed by atoms with Crippen LogP contribution in [-0.4, -0.2) is 25.0 Å². The van der Waals surface area contributed by atoms with Crippen LogP contribution in [0.15, 0.2) is 48.5 Å². The molecule has 0 spiro atoms. The van der Waals surface area contributed by atoms with E-state index in [0.29, 0.717) is 13.0 Å². The van der Waals surface area contributed by atoms with E-state index in [1.165, 1.54) is 0 Å². The van der Waals surface area contributed by atoms with Gasteiger partial charge in [-0.05, 0) is 36.1 Å². The van der Waals surface area contributed by atoms with Crippen molar-refractivity contribution in [2.24, 2.45) is 0 Å². The summed E-state index contributed by atoms with van der Waals surface area (Å²) in [5, 5.41) is 0. The molecule has 1 heterocycles. The Balaban J connectivity index is 1.94. The minimum Gasteiger partial charge on any atom is -0.466 e. The summed E-state index contributed by atoms with van der Waals surface area (Å²) in [6.45, 7) is 4.53. The lowest BCUT2D eigenvalue weighted by Crippen LogP contribution is -2.25.